The highest BCUT2D eigenvalue weighted by atomic mass is 79.9. The lowest BCUT2D eigenvalue weighted by molar-refractivity contribution is 0.400. The van der Waals surface area contributed by atoms with E-state index in [1.165, 1.54) is 12.1 Å². The van der Waals surface area contributed by atoms with E-state index in [1.54, 1.807) is 6.07 Å². The summed E-state index contributed by atoms with van der Waals surface area (Å²) in [5.41, 5.74) is 2.92. The number of fused-ring (bicyclic) bond motifs is 3. The lowest BCUT2D eigenvalue weighted by atomic mass is 9.84. The van der Waals surface area contributed by atoms with Gasteiger partial charge in [-0.3, -0.25) is 0 Å². The molecule has 1 aliphatic carbocycles. The summed E-state index contributed by atoms with van der Waals surface area (Å²) in [7, 11) is 0. The van der Waals surface area contributed by atoms with Gasteiger partial charge >= 0.3 is 0 Å². The number of benzene rings is 2. The predicted octanol–water partition coefficient (Wildman–Crippen LogP) is 3.04. The third-order valence-corrected chi connectivity index (χ3v) is 4.27. The zero-order valence-electron chi connectivity index (χ0n) is 9.81. The van der Waals surface area contributed by atoms with Crippen molar-refractivity contribution in [1.29, 1.82) is 0 Å². The van der Waals surface area contributed by atoms with Gasteiger partial charge in [0.1, 0.15) is 11.5 Å². The third kappa shape index (κ3) is 1.73. The molecule has 2 aromatic rings. The topological polar surface area (TPSA) is 80.9 Å². The summed E-state index contributed by atoms with van der Waals surface area (Å²) < 4.78 is 0.445. The average Bonchev–Trinajstić information content (AvgIpc) is 2.35. The Balaban J connectivity index is 2.36. The fraction of sp³-hybridized carbons (Fsp3) is 0.143. The number of halogens is 1. The van der Waals surface area contributed by atoms with Gasteiger partial charge in [-0.25, -0.2) is 0 Å². The van der Waals surface area contributed by atoms with E-state index in [4.69, 9.17) is 0 Å². The smallest absolute Gasteiger partial charge is 0.172 e. The van der Waals surface area contributed by atoms with Crippen LogP contribution in [0.25, 0.3) is 11.1 Å². The number of aryl methyl sites for hydroxylation is 1. The summed E-state index contributed by atoms with van der Waals surface area (Å²) in [6, 6.07) is 4.31. The molecule has 2 aromatic carbocycles. The first kappa shape index (κ1) is 12.2. The van der Waals surface area contributed by atoms with Crippen LogP contribution in [0.15, 0.2) is 22.7 Å². The van der Waals surface area contributed by atoms with Crippen LogP contribution in [0.1, 0.15) is 11.1 Å². The number of hydrogen-bond donors (Lipinski definition) is 4. The van der Waals surface area contributed by atoms with Crippen LogP contribution in [-0.4, -0.2) is 20.4 Å². The van der Waals surface area contributed by atoms with Crippen molar-refractivity contribution >= 4 is 15.9 Å². The number of aromatic hydroxyl groups is 4. The Hall–Kier alpha value is -1.88. The van der Waals surface area contributed by atoms with Crippen LogP contribution in [0.5, 0.6) is 23.0 Å². The quantitative estimate of drug-likeness (QED) is 0.562. The Morgan fingerprint density at radius 2 is 1.63 bits per heavy atom. The van der Waals surface area contributed by atoms with E-state index in [2.05, 4.69) is 15.9 Å². The van der Waals surface area contributed by atoms with Gasteiger partial charge in [0.05, 0.1) is 4.47 Å². The molecule has 0 unspecified atom stereocenters. The van der Waals surface area contributed by atoms with Gasteiger partial charge in [0.2, 0.25) is 0 Å². The van der Waals surface area contributed by atoms with E-state index in [0.717, 1.165) is 11.1 Å². The molecule has 4 N–H and O–H groups in total. The molecule has 1 aliphatic rings. The molecule has 0 amide bonds. The predicted molar refractivity (Wildman–Crippen MR) is 73.6 cm³/mol. The third-order valence-electron chi connectivity index (χ3n) is 3.42. The van der Waals surface area contributed by atoms with E-state index in [9.17, 15) is 20.4 Å². The lowest BCUT2D eigenvalue weighted by Gasteiger charge is -2.23. The molecule has 0 spiro atoms. The minimum absolute atomic E-state index is 0.0155. The molecule has 98 valence electrons. The fourth-order valence-corrected chi connectivity index (χ4v) is 3.19. The highest BCUT2D eigenvalue weighted by Gasteiger charge is 2.25. The Labute approximate surface area is 117 Å². The summed E-state index contributed by atoms with van der Waals surface area (Å²) in [6.07, 6.45) is 1.30. The zero-order valence-corrected chi connectivity index (χ0v) is 11.4. The molecule has 0 saturated carbocycles. The van der Waals surface area contributed by atoms with Crippen molar-refractivity contribution in [2.45, 2.75) is 12.8 Å². The first-order valence-electron chi connectivity index (χ1n) is 5.77. The second-order valence-electron chi connectivity index (χ2n) is 4.58. The van der Waals surface area contributed by atoms with Gasteiger partial charge < -0.3 is 20.4 Å². The standard InChI is InChI=1S/C14H11BrO4/c15-13-8-2-1-6-3-7(16)4-10(17)12(6)9(8)5-11(18)14(13)19/h3-5,16-19H,1-2H2. The molecular weight excluding hydrogens is 312 g/mol. The van der Waals surface area contributed by atoms with Gasteiger partial charge in [-0.1, -0.05) is 0 Å². The number of phenolic OH excluding ortho intramolecular Hbond substituents is 4. The number of rotatable bonds is 0. The molecule has 4 nitrogen and oxygen atoms in total. The van der Waals surface area contributed by atoms with Gasteiger partial charge in [0.25, 0.3) is 0 Å². The maximum absolute atomic E-state index is 10.0. The molecule has 0 bridgehead atoms. The van der Waals surface area contributed by atoms with Gasteiger partial charge in [-0.05, 0) is 57.6 Å². The van der Waals surface area contributed by atoms with Crippen molar-refractivity contribution in [3.63, 3.8) is 0 Å². The Morgan fingerprint density at radius 3 is 2.37 bits per heavy atom. The van der Waals surface area contributed by atoms with E-state index in [-0.39, 0.29) is 23.0 Å². The fourth-order valence-electron chi connectivity index (χ4n) is 2.57. The molecule has 0 atom stereocenters. The highest BCUT2D eigenvalue weighted by Crippen LogP contribution is 2.48. The first-order valence-corrected chi connectivity index (χ1v) is 6.57. The van der Waals surface area contributed by atoms with Crippen molar-refractivity contribution in [1.82, 2.24) is 0 Å². The lowest BCUT2D eigenvalue weighted by Crippen LogP contribution is -2.05. The van der Waals surface area contributed by atoms with Crippen LogP contribution in [0, 0.1) is 0 Å². The van der Waals surface area contributed by atoms with Crippen molar-refractivity contribution in [3.8, 4) is 34.1 Å². The van der Waals surface area contributed by atoms with Crippen LogP contribution in [-0.2, 0) is 12.8 Å². The monoisotopic (exact) mass is 322 g/mol. The normalized spacial score (nSPS) is 12.9. The van der Waals surface area contributed by atoms with Gasteiger partial charge in [0, 0.05) is 11.6 Å². The maximum Gasteiger partial charge on any atom is 0.172 e. The molecule has 0 radical (unpaired) electrons. The summed E-state index contributed by atoms with van der Waals surface area (Å²) in [5, 5.41) is 39.0. The summed E-state index contributed by atoms with van der Waals surface area (Å²) in [6.45, 7) is 0. The first-order chi connectivity index (χ1) is 8.99. The molecule has 0 fully saturated rings. The second kappa shape index (κ2) is 4.06. The largest absolute Gasteiger partial charge is 0.508 e. The van der Waals surface area contributed by atoms with Crippen LogP contribution in [0.3, 0.4) is 0 Å². The molecule has 19 heavy (non-hydrogen) atoms. The van der Waals surface area contributed by atoms with Crippen LogP contribution in [0.4, 0.5) is 0 Å². The van der Waals surface area contributed by atoms with Crippen molar-refractivity contribution in [2.24, 2.45) is 0 Å². The van der Waals surface area contributed by atoms with E-state index < -0.39 is 0 Å². The Bertz CT molecular complexity index is 695. The van der Waals surface area contributed by atoms with E-state index in [0.29, 0.717) is 28.4 Å². The van der Waals surface area contributed by atoms with E-state index in [1.807, 2.05) is 0 Å². The number of phenols is 4. The molecule has 0 aromatic heterocycles. The Morgan fingerprint density at radius 1 is 0.895 bits per heavy atom. The maximum atomic E-state index is 10.0. The summed E-state index contributed by atoms with van der Waals surface area (Å²) in [4.78, 5) is 0. The van der Waals surface area contributed by atoms with Crippen molar-refractivity contribution in [3.05, 3.63) is 33.8 Å². The van der Waals surface area contributed by atoms with Gasteiger partial charge in [0.15, 0.2) is 11.5 Å². The minimum Gasteiger partial charge on any atom is -0.508 e. The molecule has 0 heterocycles. The Kier molecular flexibility index (Phi) is 2.60. The van der Waals surface area contributed by atoms with Crippen LogP contribution >= 0.6 is 15.9 Å². The highest BCUT2D eigenvalue weighted by molar-refractivity contribution is 9.10. The zero-order chi connectivity index (χ0) is 13.7. The van der Waals surface area contributed by atoms with Crippen molar-refractivity contribution < 1.29 is 20.4 Å². The minimum atomic E-state index is -0.244. The summed E-state index contributed by atoms with van der Waals surface area (Å²) >= 11 is 3.27. The molecular formula is C14H11BrO4. The molecule has 3 rings (SSSR count). The van der Waals surface area contributed by atoms with Crippen LogP contribution in [0.2, 0.25) is 0 Å². The molecule has 5 heteroatoms. The van der Waals surface area contributed by atoms with Crippen LogP contribution < -0.4 is 0 Å². The van der Waals surface area contributed by atoms with Crippen molar-refractivity contribution in [2.75, 3.05) is 0 Å². The average molecular weight is 323 g/mol. The van der Waals surface area contributed by atoms with Gasteiger partial charge in [-0.2, -0.15) is 0 Å². The second-order valence-corrected chi connectivity index (χ2v) is 5.38. The summed E-state index contributed by atoms with van der Waals surface area (Å²) in [5.74, 6) is -0.457. The number of hydrogen-bond acceptors (Lipinski definition) is 4. The molecule has 0 saturated heterocycles. The molecule has 0 aliphatic heterocycles. The van der Waals surface area contributed by atoms with E-state index >= 15 is 0 Å². The van der Waals surface area contributed by atoms with Gasteiger partial charge in [-0.15, -0.1) is 0 Å². The SMILES string of the molecule is Oc1cc(O)c2c(c1)CCc1c-2cc(O)c(O)c1Br.